The van der Waals surface area contributed by atoms with Crippen molar-refractivity contribution in [1.29, 1.82) is 0 Å². The minimum absolute atomic E-state index is 0.0453. The van der Waals surface area contributed by atoms with Crippen molar-refractivity contribution in [3.63, 3.8) is 0 Å². The van der Waals surface area contributed by atoms with Gasteiger partial charge < -0.3 is 14.6 Å². The summed E-state index contributed by atoms with van der Waals surface area (Å²) < 4.78 is 39.0. The number of aromatic nitrogens is 1. The zero-order valence-electron chi connectivity index (χ0n) is 19.8. The van der Waals surface area contributed by atoms with Crippen molar-refractivity contribution in [3.05, 3.63) is 77.2 Å². The molecule has 0 unspecified atom stereocenters. The Hall–Kier alpha value is -3.43. The summed E-state index contributed by atoms with van der Waals surface area (Å²) in [4.78, 5) is 12.9. The molecule has 0 spiro atoms. The van der Waals surface area contributed by atoms with Crippen LogP contribution in [0.15, 0.2) is 64.0 Å². The predicted octanol–water partition coefficient (Wildman–Crippen LogP) is 3.88. The molecule has 2 aromatic carbocycles. The average molecular weight is 496 g/mol. The molecule has 0 radical (unpaired) electrons. The van der Waals surface area contributed by atoms with Crippen LogP contribution in [-0.4, -0.2) is 44.0 Å². The summed E-state index contributed by atoms with van der Waals surface area (Å²) in [5, 5.41) is 6.83. The number of amides is 1. The molecular weight excluding hydrogens is 466 g/mol. The molecule has 9 heteroatoms. The minimum Gasteiger partial charge on any atom is -0.497 e. The van der Waals surface area contributed by atoms with Gasteiger partial charge in [0.25, 0.3) is 0 Å². The first-order chi connectivity index (χ1) is 16.9. The molecule has 35 heavy (non-hydrogen) atoms. The van der Waals surface area contributed by atoms with Crippen LogP contribution < -0.4 is 10.1 Å². The van der Waals surface area contributed by atoms with Gasteiger partial charge in [-0.15, -0.1) is 0 Å². The highest BCUT2D eigenvalue weighted by Gasteiger charge is 2.36. The van der Waals surface area contributed by atoms with Crippen molar-refractivity contribution >= 4 is 28.1 Å². The van der Waals surface area contributed by atoms with E-state index >= 15 is 0 Å². The maximum absolute atomic E-state index is 13.6. The van der Waals surface area contributed by atoms with Crippen LogP contribution in [0.4, 0.5) is 0 Å². The van der Waals surface area contributed by atoms with Gasteiger partial charge in [-0.1, -0.05) is 53.7 Å². The van der Waals surface area contributed by atoms with E-state index in [1.807, 2.05) is 54.6 Å². The van der Waals surface area contributed by atoms with Crippen molar-refractivity contribution in [2.75, 3.05) is 20.2 Å². The third-order valence-corrected chi connectivity index (χ3v) is 8.06. The number of sulfonamides is 1. The van der Waals surface area contributed by atoms with Gasteiger partial charge in [-0.3, -0.25) is 4.79 Å². The highest BCUT2D eigenvalue weighted by Crippen LogP contribution is 2.29. The molecule has 0 bridgehead atoms. The second-order valence-electron chi connectivity index (χ2n) is 8.47. The molecule has 1 aliphatic rings. The molecule has 4 rings (SSSR count). The van der Waals surface area contributed by atoms with Crippen LogP contribution in [0.1, 0.15) is 35.4 Å². The van der Waals surface area contributed by atoms with Crippen LogP contribution in [0.3, 0.4) is 0 Å². The Labute approximate surface area is 205 Å². The fourth-order valence-corrected chi connectivity index (χ4v) is 5.89. The maximum atomic E-state index is 13.6. The number of aryl methyl sites for hydroxylation is 1. The number of nitrogens with zero attached hydrogens (tertiary/aromatic N) is 2. The Morgan fingerprint density at radius 2 is 1.91 bits per heavy atom. The first kappa shape index (κ1) is 24.7. The second kappa shape index (κ2) is 10.9. The van der Waals surface area contributed by atoms with E-state index in [9.17, 15) is 13.2 Å². The standard InChI is InChI=1S/C26H29N3O5S/c1-19-25(24(34-28-19)15-12-20-7-4-3-5-8-20)35(31,32)29-16-6-9-22(18-29)26(30)27-17-21-10-13-23(33-2)14-11-21/h3-5,7-8,10-15,22H,6,9,16-18H2,1-2H3,(H,27,30)/b15-12+/t22-/m0/s1. The lowest BCUT2D eigenvalue weighted by Crippen LogP contribution is -2.45. The Morgan fingerprint density at radius 3 is 2.63 bits per heavy atom. The van der Waals surface area contributed by atoms with Crippen LogP contribution >= 0.6 is 0 Å². The van der Waals surface area contributed by atoms with Gasteiger partial charge in [0.1, 0.15) is 11.4 Å². The van der Waals surface area contributed by atoms with E-state index in [1.54, 1.807) is 26.2 Å². The zero-order chi connectivity index (χ0) is 24.8. The Balaban J connectivity index is 1.45. The van der Waals surface area contributed by atoms with Gasteiger partial charge in [0.2, 0.25) is 15.9 Å². The lowest BCUT2D eigenvalue weighted by Gasteiger charge is -2.31. The molecule has 3 aromatic rings. The smallest absolute Gasteiger partial charge is 0.248 e. The van der Waals surface area contributed by atoms with Crippen molar-refractivity contribution in [2.24, 2.45) is 5.92 Å². The number of rotatable bonds is 8. The zero-order valence-corrected chi connectivity index (χ0v) is 20.6. The van der Waals surface area contributed by atoms with Gasteiger partial charge in [0, 0.05) is 19.6 Å². The first-order valence-electron chi connectivity index (χ1n) is 11.5. The molecule has 1 aliphatic heterocycles. The molecule has 2 heterocycles. The Morgan fingerprint density at radius 1 is 1.17 bits per heavy atom. The molecule has 0 aliphatic carbocycles. The Bertz CT molecular complexity index is 1280. The predicted molar refractivity (Wildman–Crippen MR) is 133 cm³/mol. The number of nitrogens with one attached hydrogen (secondary N) is 1. The molecule has 1 saturated heterocycles. The number of carbonyl (C=O) groups excluding carboxylic acids is 1. The molecule has 1 atom stereocenters. The molecule has 0 saturated carbocycles. The van der Waals surface area contributed by atoms with Gasteiger partial charge in [0.05, 0.1) is 13.0 Å². The lowest BCUT2D eigenvalue weighted by molar-refractivity contribution is -0.126. The third kappa shape index (κ3) is 5.80. The van der Waals surface area contributed by atoms with Crippen molar-refractivity contribution < 1.29 is 22.5 Å². The van der Waals surface area contributed by atoms with Crippen LogP contribution in [0.25, 0.3) is 12.2 Å². The number of hydrogen-bond donors (Lipinski definition) is 1. The monoisotopic (exact) mass is 495 g/mol. The molecule has 1 fully saturated rings. The van der Waals surface area contributed by atoms with E-state index in [0.717, 1.165) is 16.9 Å². The van der Waals surface area contributed by atoms with Crippen LogP contribution in [0.5, 0.6) is 5.75 Å². The quantitative estimate of drug-likeness (QED) is 0.509. The highest BCUT2D eigenvalue weighted by molar-refractivity contribution is 7.89. The van der Waals surface area contributed by atoms with E-state index in [-0.39, 0.29) is 23.1 Å². The summed E-state index contributed by atoms with van der Waals surface area (Å²) >= 11 is 0. The SMILES string of the molecule is COc1ccc(CNC(=O)[C@H]2CCCN(S(=O)(=O)c3c(C)noc3/C=C/c3ccccc3)C2)cc1. The van der Waals surface area contributed by atoms with Crippen LogP contribution in [0.2, 0.25) is 0 Å². The first-order valence-corrected chi connectivity index (χ1v) is 12.9. The number of carbonyl (C=O) groups is 1. The van der Waals surface area contributed by atoms with Crippen molar-refractivity contribution in [1.82, 2.24) is 14.8 Å². The normalized spacial score (nSPS) is 16.9. The van der Waals surface area contributed by atoms with Gasteiger partial charge in [-0.25, -0.2) is 8.42 Å². The summed E-state index contributed by atoms with van der Waals surface area (Å²) in [6.07, 6.45) is 4.62. The molecule has 184 valence electrons. The fourth-order valence-electron chi connectivity index (χ4n) is 4.12. The summed E-state index contributed by atoms with van der Waals surface area (Å²) in [6.45, 7) is 2.44. The van der Waals surface area contributed by atoms with E-state index in [2.05, 4.69) is 10.5 Å². The minimum atomic E-state index is -3.89. The highest BCUT2D eigenvalue weighted by atomic mass is 32.2. The van der Waals surface area contributed by atoms with E-state index in [4.69, 9.17) is 9.26 Å². The molecule has 8 nitrogen and oxygen atoms in total. The van der Waals surface area contributed by atoms with Gasteiger partial charge >= 0.3 is 0 Å². The topological polar surface area (TPSA) is 102 Å². The number of benzene rings is 2. The molecule has 1 N–H and O–H groups in total. The van der Waals surface area contributed by atoms with E-state index in [1.165, 1.54) is 4.31 Å². The average Bonchev–Trinajstić information content (AvgIpc) is 3.28. The van der Waals surface area contributed by atoms with E-state index < -0.39 is 15.9 Å². The largest absolute Gasteiger partial charge is 0.497 e. The van der Waals surface area contributed by atoms with Gasteiger partial charge in [-0.05, 0) is 49.1 Å². The van der Waals surface area contributed by atoms with E-state index in [0.29, 0.717) is 31.6 Å². The van der Waals surface area contributed by atoms with Crippen LogP contribution in [-0.2, 0) is 21.4 Å². The fraction of sp³-hybridized carbons (Fsp3) is 0.308. The number of hydrogen-bond acceptors (Lipinski definition) is 6. The van der Waals surface area contributed by atoms with Crippen LogP contribution in [0, 0.1) is 12.8 Å². The Kier molecular flexibility index (Phi) is 7.67. The second-order valence-corrected chi connectivity index (χ2v) is 10.3. The van der Waals surface area contributed by atoms with Crippen molar-refractivity contribution in [3.8, 4) is 5.75 Å². The lowest BCUT2D eigenvalue weighted by atomic mass is 9.99. The number of methoxy groups -OCH3 is 1. The number of piperidine rings is 1. The molecule has 1 amide bonds. The van der Waals surface area contributed by atoms with Gasteiger partial charge in [-0.2, -0.15) is 4.31 Å². The maximum Gasteiger partial charge on any atom is 0.248 e. The van der Waals surface area contributed by atoms with Crippen molar-refractivity contribution in [2.45, 2.75) is 31.2 Å². The number of ether oxygens (including phenoxy) is 1. The summed E-state index contributed by atoms with van der Waals surface area (Å²) in [5.74, 6) is 0.333. The molecule has 1 aromatic heterocycles. The third-order valence-electron chi connectivity index (χ3n) is 6.04. The summed E-state index contributed by atoms with van der Waals surface area (Å²) in [7, 11) is -2.29. The summed E-state index contributed by atoms with van der Waals surface area (Å²) in [6, 6.07) is 17.0. The van der Waals surface area contributed by atoms with Gasteiger partial charge in [0.15, 0.2) is 10.7 Å². The molecular formula is C26H29N3O5S. The summed E-state index contributed by atoms with van der Waals surface area (Å²) in [5.41, 5.74) is 2.15.